The third-order valence-corrected chi connectivity index (χ3v) is 4.80. The van der Waals surface area contributed by atoms with E-state index in [2.05, 4.69) is 17.0 Å². The predicted octanol–water partition coefficient (Wildman–Crippen LogP) is 2.95. The highest BCUT2D eigenvalue weighted by Crippen LogP contribution is 2.33. The largest absolute Gasteiger partial charge is 0.388 e. The second-order valence-electron chi connectivity index (χ2n) is 5.67. The molecule has 1 aliphatic rings. The van der Waals surface area contributed by atoms with Gasteiger partial charge in [0.1, 0.15) is 5.01 Å². The summed E-state index contributed by atoms with van der Waals surface area (Å²) in [6.45, 7) is 2.85. The quantitative estimate of drug-likeness (QED) is 0.938. The smallest absolute Gasteiger partial charge is 0.126 e. The van der Waals surface area contributed by atoms with E-state index in [0.717, 1.165) is 42.2 Å². The lowest BCUT2D eigenvalue weighted by Gasteiger charge is -2.34. The monoisotopic (exact) mass is 277 g/mol. The number of hydrogen-bond acceptors (Lipinski definition) is 4. The Labute approximate surface area is 117 Å². The first kappa shape index (κ1) is 12.8. The molecule has 2 aromatic rings. The average molecular weight is 277 g/mol. The van der Waals surface area contributed by atoms with Gasteiger partial charge in [-0.25, -0.2) is 4.98 Å². The van der Waals surface area contributed by atoms with Crippen molar-refractivity contribution in [3.63, 3.8) is 0 Å². The van der Waals surface area contributed by atoms with Gasteiger partial charge in [0.05, 0.1) is 18.3 Å². The third-order valence-electron chi connectivity index (χ3n) is 3.97. The maximum Gasteiger partial charge on any atom is 0.126 e. The summed E-state index contributed by atoms with van der Waals surface area (Å²) in [5, 5.41) is 17.9. The van der Waals surface area contributed by atoms with Gasteiger partial charge in [-0.2, -0.15) is 5.10 Å². The van der Waals surface area contributed by atoms with Gasteiger partial charge in [-0.15, -0.1) is 11.3 Å². The van der Waals surface area contributed by atoms with Crippen LogP contribution in [-0.2, 0) is 6.54 Å². The van der Waals surface area contributed by atoms with Crippen molar-refractivity contribution in [1.29, 1.82) is 0 Å². The number of aliphatic hydroxyl groups is 1. The number of rotatable bonds is 3. The zero-order chi connectivity index (χ0) is 13.3. The Kier molecular flexibility index (Phi) is 3.41. The molecule has 1 fully saturated rings. The molecule has 1 N–H and O–H groups in total. The summed E-state index contributed by atoms with van der Waals surface area (Å²) in [4.78, 5) is 4.28. The van der Waals surface area contributed by atoms with E-state index >= 15 is 0 Å². The minimum absolute atomic E-state index is 0.585. The summed E-state index contributed by atoms with van der Waals surface area (Å²) >= 11 is 1.61. The SMILES string of the molecule is CC1CCC(O)(Cn2cc(-c3nccs3)cn2)CC1. The fraction of sp³-hybridized carbons (Fsp3) is 0.571. The Bertz CT molecular complexity index is 527. The first-order valence-electron chi connectivity index (χ1n) is 6.79. The van der Waals surface area contributed by atoms with Gasteiger partial charge >= 0.3 is 0 Å². The molecule has 1 aliphatic carbocycles. The molecule has 3 rings (SSSR count). The summed E-state index contributed by atoms with van der Waals surface area (Å²) in [5.74, 6) is 0.740. The van der Waals surface area contributed by atoms with Crippen LogP contribution in [0.3, 0.4) is 0 Å². The standard InChI is InChI=1S/C14H19N3OS/c1-11-2-4-14(18,5-3-11)10-17-9-12(8-16-17)13-15-6-7-19-13/h6-9,11,18H,2-5,10H2,1H3. The highest BCUT2D eigenvalue weighted by molar-refractivity contribution is 7.13. The first-order valence-corrected chi connectivity index (χ1v) is 7.67. The van der Waals surface area contributed by atoms with Gasteiger partial charge in [-0.05, 0) is 31.6 Å². The molecule has 2 aromatic heterocycles. The zero-order valence-corrected chi connectivity index (χ0v) is 11.9. The number of hydrogen-bond donors (Lipinski definition) is 1. The molecule has 19 heavy (non-hydrogen) atoms. The summed E-state index contributed by atoms with van der Waals surface area (Å²) in [7, 11) is 0. The molecule has 0 saturated heterocycles. The van der Waals surface area contributed by atoms with Crippen molar-refractivity contribution in [1.82, 2.24) is 14.8 Å². The second kappa shape index (κ2) is 5.06. The van der Waals surface area contributed by atoms with Crippen molar-refractivity contribution < 1.29 is 5.11 Å². The van der Waals surface area contributed by atoms with E-state index in [-0.39, 0.29) is 0 Å². The minimum atomic E-state index is -0.585. The number of nitrogens with zero attached hydrogens (tertiary/aromatic N) is 3. The van der Waals surface area contributed by atoms with Crippen molar-refractivity contribution in [3.05, 3.63) is 24.0 Å². The van der Waals surface area contributed by atoms with Crippen LogP contribution in [0.1, 0.15) is 32.6 Å². The number of aromatic nitrogens is 3. The zero-order valence-electron chi connectivity index (χ0n) is 11.1. The summed E-state index contributed by atoms with van der Waals surface area (Å²) < 4.78 is 1.85. The molecular formula is C14H19N3OS. The summed E-state index contributed by atoms with van der Waals surface area (Å²) in [6.07, 6.45) is 9.57. The van der Waals surface area contributed by atoms with Gasteiger partial charge in [0.25, 0.3) is 0 Å². The molecule has 5 heteroatoms. The van der Waals surface area contributed by atoms with Crippen molar-refractivity contribution in [2.75, 3.05) is 0 Å². The van der Waals surface area contributed by atoms with Crippen LogP contribution < -0.4 is 0 Å². The Morgan fingerprint density at radius 1 is 1.47 bits per heavy atom. The maximum atomic E-state index is 10.6. The predicted molar refractivity (Wildman–Crippen MR) is 75.9 cm³/mol. The molecule has 0 spiro atoms. The van der Waals surface area contributed by atoms with Crippen LogP contribution in [0.15, 0.2) is 24.0 Å². The molecule has 0 amide bonds. The molecule has 0 aromatic carbocycles. The Balaban J connectivity index is 1.70. The molecule has 0 aliphatic heterocycles. The van der Waals surface area contributed by atoms with Crippen molar-refractivity contribution in [2.24, 2.45) is 5.92 Å². The number of thiazole rings is 1. The maximum absolute atomic E-state index is 10.6. The molecule has 2 heterocycles. The lowest BCUT2D eigenvalue weighted by atomic mass is 9.79. The topological polar surface area (TPSA) is 50.9 Å². The highest BCUT2D eigenvalue weighted by atomic mass is 32.1. The van der Waals surface area contributed by atoms with Gasteiger partial charge in [-0.1, -0.05) is 6.92 Å². The Morgan fingerprint density at radius 3 is 2.95 bits per heavy atom. The Hall–Kier alpha value is -1.20. The lowest BCUT2D eigenvalue weighted by molar-refractivity contribution is -0.0243. The van der Waals surface area contributed by atoms with E-state index < -0.39 is 5.60 Å². The Morgan fingerprint density at radius 2 is 2.26 bits per heavy atom. The van der Waals surface area contributed by atoms with E-state index in [1.807, 2.05) is 22.5 Å². The minimum Gasteiger partial charge on any atom is -0.388 e. The van der Waals surface area contributed by atoms with Crippen LogP contribution >= 0.6 is 11.3 Å². The van der Waals surface area contributed by atoms with Gasteiger partial charge in [0.2, 0.25) is 0 Å². The summed E-state index contributed by atoms with van der Waals surface area (Å²) in [5.41, 5.74) is 0.446. The van der Waals surface area contributed by atoms with Crippen molar-refractivity contribution >= 4 is 11.3 Å². The molecule has 1 saturated carbocycles. The molecule has 102 valence electrons. The van der Waals surface area contributed by atoms with Crippen molar-refractivity contribution in [2.45, 2.75) is 44.8 Å². The fourth-order valence-corrected chi connectivity index (χ4v) is 3.30. The summed E-state index contributed by atoms with van der Waals surface area (Å²) in [6, 6.07) is 0. The molecular weight excluding hydrogens is 258 g/mol. The van der Waals surface area contributed by atoms with Gasteiger partial charge in [0.15, 0.2) is 0 Å². The van der Waals surface area contributed by atoms with E-state index in [1.54, 1.807) is 17.5 Å². The van der Waals surface area contributed by atoms with E-state index in [9.17, 15) is 5.11 Å². The van der Waals surface area contributed by atoms with Crippen LogP contribution in [0.4, 0.5) is 0 Å². The van der Waals surface area contributed by atoms with Crippen LogP contribution in [0.25, 0.3) is 10.6 Å². The normalized spacial score (nSPS) is 27.6. The molecule has 4 nitrogen and oxygen atoms in total. The molecule has 0 unspecified atom stereocenters. The molecule has 0 atom stereocenters. The molecule has 0 bridgehead atoms. The average Bonchev–Trinajstić information content (AvgIpc) is 3.03. The molecule has 0 radical (unpaired) electrons. The van der Waals surface area contributed by atoms with E-state index in [4.69, 9.17) is 0 Å². The second-order valence-corrected chi connectivity index (χ2v) is 6.57. The van der Waals surface area contributed by atoms with Crippen molar-refractivity contribution in [3.8, 4) is 10.6 Å². The van der Waals surface area contributed by atoms with Crippen LogP contribution in [0, 0.1) is 5.92 Å². The van der Waals surface area contributed by atoms with Crippen LogP contribution in [0.5, 0.6) is 0 Å². The lowest BCUT2D eigenvalue weighted by Crippen LogP contribution is -2.38. The van der Waals surface area contributed by atoms with Crippen LogP contribution in [-0.4, -0.2) is 25.5 Å². The highest BCUT2D eigenvalue weighted by Gasteiger charge is 2.32. The fourth-order valence-electron chi connectivity index (χ4n) is 2.69. The van der Waals surface area contributed by atoms with E-state index in [0.29, 0.717) is 6.54 Å². The third kappa shape index (κ3) is 2.87. The van der Waals surface area contributed by atoms with Crippen LogP contribution in [0.2, 0.25) is 0 Å². The van der Waals surface area contributed by atoms with Gasteiger partial charge < -0.3 is 5.11 Å². The van der Waals surface area contributed by atoms with E-state index in [1.165, 1.54) is 0 Å². The van der Waals surface area contributed by atoms with Gasteiger partial charge in [0, 0.05) is 23.3 Å². The van der Waals surface area contributed by atoms with Gasteiger partial charge in [-0.3, -0.25) is 4.68 Å². The first-order chi connectivity index (χ1) is 9.15.